The summed E-state index contributed by atoms with van der Waals surface area (Å²) in [4.78, 5) is 14.0. The number of morpholine rings is 1. The monoisotopic (exact) mass is 407 g/mol. The Balaban J connectivity index is 1.60. The molecule has 2 atom stereocenters. The molecule has 2 fully saturated rings. The van der Waals surface area contributed by atoms with Crippen molar-refractivity contribution in [2.45, 2.75) is 84.3 Å². The molecule has 29 heavy (non-hydrogen) atoms. The minimum atomic E-state index is -0.510. The smallest absolute Gasteiger partial charge is 0.444 e. The lowest BCUT2D eigenvalue weighted by atomic mass is 9.82. The lowest BCUT2D eigenvalue weighted by Crippen LogP contribution is -2.48. The highest BCUT2D eigenvalue weighted by atomic mass is 16.7. The molecule has 0 spiro atoms. The number of ether oxygens (including phenoxy) is 2. The summed E-state index contributed by atoms with van der Waals surface area (Å²) in [5.41, 5.74) is -0.353. The first-order valence-corrected chi connectivity index (χ1v) is 10.4. The van der Waals surface area contributed by atoms with Crippen molar-refractivity contribution >= 4 is 18.7 Å². The summed E-state index contributed by atoms with van der Waals surface area (Å²) >= 11 is 0. The van der Waals surface area contributed by atoms with Crippen molar-refractivity contribution in [3.8, 4) is 0 Å². The van der Waals surface area contributed by atoms with Crippen LogP contribution in [0.5, 0.6) is 0 Å². The normalized spacial score (nSPS) is 27.3. The average Bonchev–Trinajstić information content (AvgIpc) is 3.16. The van der Waals surface area contributed by atoms with Crippen molar-refractivity contribution in [2.75, 3.05) is 19.7 Å². The van der Waals surface area contributed by atoms with Gasteiger partial charge in [-0.2, -0.15) is 5.10 Å². The minimum Gasteiger partial charge on any atom is -0.444 e. The number of aromatic nitrogens is 2. The summed E-state index contributed by atoms with van der Waals surface area (Å²) in [5, 5.41) is 4.45. The molecule has 0 N–H and O–H groups in total. The average molecular weight is 407 g/mol. The molecule has 162 valence electrons. The number of hydrogen-bond acceptors (Lipinski definition) is 6. The van der Waals surface area contributed by atoms with E-state index in [4.69, 9.17) is 18.8 Å². The predicted molar refractivity (Wildman–Crippen MR) is 110 cm³/mol. The summed E-state index contributed by atoms with van der Waals surface area (Å²) < 4.78 is 25.5. The van der Waals surface area contributed by atoms with E-state index in [1.807, 2.05) is 31.6 Å². The molecule has 2 saturated heterocycles. The van der Waals surface area contributed by atoms with Crippen LogP contribution in [0.15, 0.2) is 12.4 Å². The zero-order chi connectivity index (χ0) is 21.4. The molecular weight excluding hydrogens is 373 g/mol. The van der Waals surface area contributed by atoms with E-state index in [-0.39, 0.29) is 23.4 Å². The van der Waals surface area contributed by atoms with Crippen LogP contribution in [0.1, 0.15) is 54.9 Å². The molecule has 8 nitrogen and oxygen atoms in total. The minimum absolute atomic E-state index is 0.146. The Labute approximate surface area is 173 Å². The first kappa shape index (κ1) is 22.1. The zero-order valence-electron chi connectivity index (χ0n) is 18.7. The van der Waals surface area contributed by atoms with Gasteiger partial charge >= 0.3 is 13.2 Å². The molecule has 0 aromatic carbocycles. The number of amides is 1. The SMILES string of the molecule is CCC1(C)OB(c2cnn(C[C@@H]3CN(C(=O)OC(C)(C)C)CCO3)c2)OC1(C)C. The lowest BCUT2D eigenvalue weighted by molar-refractivity contribution is -0.0483. The van der Waals surface area contributed by atoms with Crippen LogP contribution < -0.4 is 5.46 Å². The van der Waals surface area contributed by atoms with Crippen molar-refractivity contribution in [3.05, 3.63) is 12.4 Å². The van der Waals surface area contributed by atoms with Gasteiger partial charge < -0.3 is 23.7 Å². The quantitative estimate of drug-likeness (QED) is 0.713. The van der Waals surface area contributed by atoms with E-state index in [0.29, 0.717) is 26.2 Å². The summed E-state index contributed by atoms with van der Waals surface area (Å²) in [6, 6.07) is 0. The predicted octanol–water partition coefficient (Wildman–Crippen LogP) is 2.21. The molecule has 0 aliphatic carbocycles. The first-order chi connectivity index (χ1) is 13.4. The highest BCUT2D eigenvalue weighted by Crippen LogP contribution is 2.39. The standard InChI is InChI=1S/C20H34BN3O5/c1-8-20(7)19(5,6)28-21(29-20)15-11-22-24(12-15)14-16-13-23(9-10-26-16)17(25)27-18(2,3)4/h11-12,16H,8-10,13-14H2,1-7H3/t16-,20?/m0/s1. The van der Waals surface area contributed by atoms with Gasteiger partial charge in [0.1, 0.15) is 5.60 Å². The maximum Gasteiger partial charge on any atom is 0.498 e. The van der Waals surface area contributed by atoms with E-state index in [9.17, 15) is 4.79 Å². The third kappa shape index (κ3) is 4.95. The number of carbonyl (C=O) groups excluding carboxylic acids is 1. The van der Waals surface area contributed by atoms with Gasteiger partial charge in [0, 0.05) is 24.4 Å². The van der Waals surface area contributed by atoms with Crippen LogP contribution in [0, 0.1) is 0 Å². The Kier molecular flexibility index (Phi) is 6.04. The van der Waals surface area contributed by atoms with E-state index >= 15 is 0 Å². The van der Waals surface area contributed by atoms with Crippen molar-refractivity contribution in [1.82, 2.24) is 14.7 Å². The Morgan fingerprint density at radius 1 is 1.34 bits per heavy atom. The van der Waals surface area contributed by atoms with E-state index in [1.54, 1.807) is 11.1 Å². The molecule has 2 aliphatic heterocycles. The molecule has 0 saturated carbocycles. The third-order valence-electron chi connectivity index (χ3n) is 5.82. The maximum absolute atomic E-state index is 12.3. The fraction of sp³-hybridized carbons (Fsp3) is 0.800. The van der Waals surface area contributed by atoms with Crippen LogP contribution in [0.2, 0.25) is 0 Å². The molecule has 1 aromatic rings. The van der Waals surface area contributed by atoms with Gasteiger partial charge in [-0.3, -0.25) is 4.68 Å². The Hall–Kier alpha value is -1.58. The molecule has 0 bridgehead atoms. The van der Waals surface area contributed by atoms with E-state index in [0.717, 1.165) is 11.9 Å². The van der Waals surface area contributed by atoms with Gasteiger partial charge in [-0.05, 0) is 48.0 Å². The van der Waals surface area contributed by atoms with Crippen molar-refractivity contribution in [3.63, 3.8) is 0 Å². The number of rotatable bonds is 4. The molecular formula is C20H34BN3O5. The summed E-state index contributed by atoms with van der Waals surface area (Å²) in [7, 11) is -0.436. The maximum atomic E-state index is 12.3. The second kappa shape index (κ2) is 7.93. The van der Waals surface area contributed by atoms with Crippen LogP contribution in [0.4, 0.5) is 4.79 Å². The van der Waals surface area contributed by atoms with Crippen LogP contribution >= 0.6 is 0 Å². The van der Waals surface area contributed by atoms with Crippen molar-refractivity contribution < 1.29 is 23.6 Å². The number of nitrogens with zero attached hydrogens (tertiary/aromatic N) is 3. The van der Waals surface area contributed by atoms with Crippen LogP contribution in [0.25, 0.3) is 0 Å². The molecule has 9 heteroatoms. The number of carbonyl (C=O) groups is 1. The summed E-state index contributed by atoms with van der Waals surface area (Å²) in [6.45, 7) is 15.9. The van der Waals surface area contributed by atoms with E-state index in [1.165, 1.54) is 0 Å². The Morgan fingerprint density at radius 3 is 2.69 bits per heavy atom. The molecule has 0 radical (unpaired) electrons. The fourth-order valence-electron chi connectivity index (χ4n) is 3.57. The van der Waals surface area contributed by atoms with Gasteiger partial charge in [-0.25, -0.2) is 4.79 Å². The van der Waals surface area contributed by atoms with Crippen LogP contribution in [-0.4, -0.2) is 70.5 Å². The molecule has 1 unspecified atom stereocenters. The molecule has 1 aromatic heterocycles. The second-order valence-electron chi connectivity index (χ2n) is 9.58. The van der Waals surface area contributed by atoms with Gasteiger partial charge in [0.2, 0.25) is 0 Å². The van der Waals surface area contributed by atoms with E-state index < -0.39 is 12.7 Å². The summed E-state index contributed by atoms with van der Waals surface area (Å²) in [6.07, 6.45) is 4.11. The van der Waals surface area contributed by atoms with Crippen molar-refractivity contribution in [1.29, 1.82) is 0 Å². The molecule has 3 rings (SSSR count). The van der Waals surface area contributed by atoms with Gasteiger partial charge in [-0.15, -0.1) is 0 Å². The topological polar surface area (TPSA) is 75.1 Å². The number of hydrogen-bond donors (Lipinski definition) is 0. The molecule has 2 aliphatic rings. The highest BCUT2D eigenvalue weighted by molar-refractivity contribution is 6.62. The van der Waals surface area contributed by atoms with Crippen LogP contribution in [-0.2, 0) is 25.3 Å². The van der Waals surface area contributed by atoms with Crippen LogP contribution in [0.3, 0.4) is 0 Å². The van der Waals surface area contributed by atoms with Crippen molar-refractivity contribution in [2.24, 2.45) is 0 Å². The molecule has 3 heterocycles. The zero-order valence-corrected chi connectivity index (χ0v) is 18.7. The van der Waals surface area contributed by atoms with Gasteiger partial charge in [0.25, 0.3) is 0 Å². The highest BCUT2D eigenvalue weighted by Gasteiger charge is 2.53. The van der Waals surface area contributed by atoms with Gasteiger partial charge in [0.15, 0.2) is 0 Å². The second-order valence-corrected chi connectivity index (χ2v) is 9.58. The fourth-order valence-corrected chi connectivity index (χ4v) is 3.57. The van der Waals surface area contributed by atoms with Gasteiger partial charge in [0.05, 0.1) is 37.0 Å². The van der Waals surface area contributed by atoms with E-state index in [2.05, 4.69) is 32.8 Å². The Bertz CT molecular complexity index is 732. The Morgan fingerprint density at radius 2 is 2.07 bits per heavy atom. The largest absolute Gasteiger partial charge is 0.498 e. The lowest BCUT2D eigenvalue weighted by Gasteiger charge is -2.35. The molecule has 1 amide bonds. The summed E-state index contributed by atoms with van der Waals surface area (Å²) in [5.74, 6) is 0. The third-order valence-corrected chi connectivity index (χ3v) is 5.82. The first-order valence-electron chi connectivity index (χ1n) is 10.4. The van der Waals surface area contributed by atoms with Gasteiger partial charge in [-0.1, -0.05) is 6.92 Å².